The highest BCUT2D eigenvalue weighted by atomic mass is 16.5. The second-order valence-corrected chi connectivity index (χ2v) is 7.05. The summed E-state index contributed by atoms with van der Waals surface area (Å²) >= 11 is 0. The molecule has 1 aliphatic carbocycles. The summed E-state index contributed by atoms with van der Waals surface area (Å²) in [6.45, 7) is 2.32. The van der Waals surface area contributed by atoms with Crippen LogP contribution < -0.4 is 0 Å². The van der Waals surface area contributed by atoms with Crippen molar-refractivity contribution in [3.05, 3.63) is 47.8 Å². The molecule has 3 heterocycles. The zero-order chi connectivity index (χ0) is 16.4. The Hall–Kier alpha value is -1.72. The minimum absolute atomic E-state index is 0.444. The maximum atomic E-state index is 6.05. The van der Waals surface area contributed by atoms with E-state index in [0.29, 0.717) is 18.7 Å². The number of imidazole rings is 1. The summed E-state index contributed by atoms with van der Waals surface area (Å²) in [7, 11) is 2.10. The van der Waals surface area contributed by atoms with Gasteiger partial charge in [0.15, 0.2) is 0 Å². The molecule has 0 amide bonds. The minimum atomic E-state index is 0.444. The van der Waals surface area contributed by atoms with Crippen molar-refractivity contribution in [1.29, 1.82) is 0 Å². The van der Waals surface area contributed by atoms with Gasteiger partial charge < -0.3 is 9.30 Å². The summed E-state index contributed by atoms with van der Waals surface area (Å²) in [6.07, 6.45) is 10.2. The van der Waals surface area contributed by atoms with E-state index < -0.39 is 0 Å². The van der Waals surface area contributed by atoms with E-state index in [2.05, 4.69) is 26.5 Å². The van der Waals surface area contributed by atoms with Crippen LogP contribution in [0, 0.1) is 0 Å². The normalized spacial score (nSPS) is 22.0. The zero-order valence-corrected chi connectivity index (χ0v) is 14.4. The fourth-order valence-electron chi connectivity index (χ4n) is 4.14. The quantitative estimate of drug-likeness (QED) is 0.847. The number of aryl methyl sites for hydroxylation is 1. The van der Waals surface area contributed by atoms with E-state index in [9.17, 15) is 0 Å². The number of ether oxygens (including phenoxy) is 1. The smallest absolute Gasteiger partial charge is 0.0949 e. The Labute approximate surface area is 143 Å². The molecular formula is C19H26N4O. The number of hydrogen-bond acceptors (Lipinski definition) is 4. The lowest BCUT2D eigenvalue weighted by Gasteiger charge is -2.39. The van der Waals surface area contributed by atoms with Gasteiger partial charge in [0, 0.05) is 44.0 Å². The topological polar surface area (TPSA) is 43.2 Å². The maximum Gasteiger partial charge on any atom is 0.0949 e. The van der Waals surface area contributed by atoms with Crippen LogP contribution in [0.3, 0.4) is 0 Å². The fourth-order valence-corrected chi connectivity index (χ4v) is 4.14. The Kier molecular flexibility index (Phi) is 4.63. The number of nitrogens with zero attached hydrogens (tertiary/aromatic N) is 4. The van der Waals surface area contributed by atoms with Gasteiger partial charge >= 0.3 is 0 Å². The van der Waals surface area contributed by atoms with Crippen molar-refractivity contribution in [2.45, 2.75) is 57.3 Å². The minimum Gasteiger partial charge on any atom is -0.374 e. The van der Waals surface area contributed by atoms with Gasteiger partial charge in [-0.15, -0.1) is 0 Å². The Balaban J connectivity index is 1.44. The average molecular weight is 326 g/mol. The highest BCUT2D eigenvalue weighted by Crippen LogP contribution is 2.31. The molecule has 0 bridgehead atoms. The van der Waals surface area contributed by atoms with Gasteiger partial charge in [-0.05, 0) is 25.0 Å². The van der Waals surface area contributed by atoms with Gasteiger partial charge in [0.25, 0.3) is 0 Å². The molecule has 2 aliphatic rings. The molecule has 24 heavy (non-hydrogen) atoms. The number of aromatic nitrogens is 3. The van der Waals surface area contributed by atoms with E-state index in [1.165, 1.54) is 37.1 Å². The van der Waals surface area contributed by atoms with Gasteiger partial charge in [0.2, 0.25) is 0 Å². The van der Waals surface area contributed by atoms with E-state index in [1.54, 1.807) is 0 Å². The van der Waals surface area contributed by atoms with Gasteiger partial charge in [-0.25, -0.2) is 4.98 Å². The molecule has 0 radical (unpaired) electrons. The predicted molar refractivity (Wildman–Crippen MR) is 92.4 cm³/mol. The molecule has 2 aromatic heterocycles. The van der Waals surface area contributed by atoms with Crippen molar-refractivity contribution in [2.75, 3.05) is 6.61 Å². The maximum absolute atomic E-state index is 6.05. The molecule has 1 atom stereocenters. The average Bonchev–Trinajstić information content (AvgIpc) is 3.26. The van der Waals surface area contributed by atoms with Crippen LogP contribution in [0.1, 0.15) is 42.8 Å². The highest BCUT2D eigenvalue weighted by Gasteiger charge is 2.34. The molecule has 1 saturated carbocycles. The van der Waals surface area contributed by atoms with Crippen LogP contribution in [0.5, 0.6) is 0 Å². The third-order valence-electron chi connectivity index (χ3n) is 5.46. The summed E-state index contributed by atoms with van der Waals surface area (Å²) in [4.78, 5) is 11.6. The lowest BCUT2D eigenvalue weighted by molar-refractivity contribution is 0.0184. The number of fused-ring (bicyclic) bond motifs is 1. The third kappa shape index (κ3) is 3.23. The molecule has 0 N–H and O–H groups in total. The third-order valence-corrected chi connectivity index (χ3v) is 5.46. The Morgan fingerprint density at radius 1 is 1.21 bits per heavy atom. The number of pyridine rings is 1. The van der Waals surface area contributed by atoms with Crippen LogP contribution in [0.2, 0.25) is 0 Å². The highest BCUT2D eigenvalue weighted by molar-refractivity contribution is 5.18. The van der Waals surface area contributed by atoms with Crippen molar-refractivity contribution in [3.8, 4) is 0 Å². The fraction of sp³-hybridized carbons (Fsp3) is 0.579. The van der Waals surface area contributed by atoms with Crippen LogP contribution in [-0.2, 0) is 31.4 Å². The number of hydrogen-bond donors (Lipinski definition) is 0. The van der Waals surface area contributed by atoms with Crippen LogP contribution in [-0.4, -0.2) is 38.1 Å². The van der Waals surface area contributed by atoms with E-state index >= 15 is 0 Å². The monoisotopic (exact) mass is 326 g/mol. The molecule has 0 spiro atoms. The Morgan fingerprint density at radius 3 is 2.88 bits per heavy atom. The van der Waals surface area contributed by atoms with Crippen LogP contribution >= 0.6 is 0 Å². The summed E-state index contributed by atoms with van der Waals surface area (Å²) in [5.41, 5.74) is 3.63. The van der Waals surface area contributed by atoms with Gasteiger partial charge in [-0.2, -0.15) is 0 Å². The molecule has 1 fully saturated rings. The molecular weight excluding hydrogens is 300 g/mol. The summed E-state index contributed by atoms with van der Waals surface area (Å²) in [5, 5.41) is 0. The molecule has 4 rings (SSSR count). The van der Waals surface area contributed by atoms with Gasteiger partial charge in [0.05, 0.1) is 30.9 Å². The lowest BCUT2D eigenvalue weighted by Crippen LogP contribution is -2.48. The lowest BCUT2D eigenvalue weighted by atomic mass is 9.99. The van der Waals surface area contributed by atoms with E-state index in [-0.39, 0.29) is 0 Å². The number of rotatable bonds is 5. The first kappa shape index (κ1) is 15.8. The van der Waals surface area contributed by atoms with Crippen molar-refractivity contribution < 1.29 is 4.74 Å². The van der Waals surface area contributed by atoms with Crippen LogP contribution in [0.25, 0.3) is 0 Å². The second kappa shape index (κ2) is 7.03. The molecule has 2 aromatic rings. The Bertz CT molecular complexity index is 663. The van der Waals surface area contributed by atoms with E-state index in [4.69, 9.17) is 4.74 Å². The van der Waals surface area contributed by atoms with Crippen molar-refractivity contribution >= 4 is 0 Å². The predicted octanol–water partition coefficient (Wildman–Crippen LogP) is 2.70. The molecule has 128 valence electrons. The first-order valence-corrected chi connectivity index (χ1v) is 9.03. The molecule has 1 aliphatic heterocycles. The Morgan fingerprint density at radius 2 is 2.08 bits per heavy atom. The molecule has 0 saturated heterocycles. The van der Waals surface area contributed by atoms with Crippen molar-refractivity contribution in [2.24, 2.45) is 7.05 Å². The van der Waals surface area contributed by atoms with Gasteiger partial charge in [0.1, 0.15) is 0 Å². The summed E-state index contributed by atoms with van der Waals surface area (Å²) in [5.74, 6) is 0. The molecule has 5 nitrogen and oxygen atoms in total. The SMILES string of the molecule is Cn1cnc2c1CC(COCc1ccccn1)N(C1CCCC1)C2. The first-order valence-electron chi connectivity index (χ1n) is 9.03. The summed E-state index contributed by atoms with van der Waals surface area (Å²) < 4.78 is 8.22. The van der Waals surface area contributed by atoms with Gasteiger partial charge in [-0.1, -0.05) is 18.9 Å². The van der Waals surface area contributed by atoms with Crippen LogP contribution in [0.15, 0.2) is 30.7 Å². The largest absolute Gasteiger partial charge is 0.374 e. The van der Waals surface area contributed by atoms with Crippen LogP contribution in [0.4, 0.5) is 0 Å². The first-order chi connectivity index (χ1) is 11.8. The van der Waals surface area contributed by atoms with E-state index in [1.807, 2.05) is 30.7 Å². The van der Waals surface area contributed by atoms with Gasteiger partial charge in [-0.3, -0.25) is 9.88 Å². The molecule has 0 aromatic carbocycles. The zero-order valence-electron chi connectivity index (χ0n) is 14.4. The summed E-state index contributed by atoms with van der Waals surface area (Å²) in [6, 6.07) is 7.12. The standard InChI is InChI=1S/C19H26N4O/c1-22-14-21-18-11-23(16-7-2-3-8-16)17(10-19(18)22)13-24-12-15-6-4-5-9-20-15/h4-6,9,14,16-17H,2-3,7-8,10-13H2,1H3. The molecule has 1 unspecified atom stereocenters. The van der Waals surface area contributed by atoms with E-state index in [0.717, 1.165) is 25.3 Å². The second-order valence-electron chi connectivity index (χ2n) is 7.05. The van der Waals surface area contributed by atoms with Crippen molar-refractivity contribution in [1.82, 2.24) is 19.4 Å². The van der Waals surface area contributed by atoms with Crippen molar-refractivity contribution in [3.63, 3.8) is 0 Å². The molecule has 5 heteroatoms.